The van der Waals surface area contributed by atoms with Crippen LogP contribution in [0.3, 0.4) is 0 Å². The molecule has 0 saturated carbocycles. The number of aldehydes is 1. The van der Waals surface area contributed by atoms with Crippen LogP contribution in [0.4, 0.5) is 0 Å². The number of carbonyl (C=O) groups excluding carboxylic acids is 2. The second-order valence-electron chi connectivity index (χ2n) is 12.2. The smallest absolute Gasteiger partial charge is 0.224 e. The molecule has 2 rings (SSSR count). The van der Waals surface area contributed by atoms with E-state index in [0.29, 0.717) is 76.4 Å². The van der Waals surface area contributed by atoms with Crippen molar-refractivity contribution in [2.45, 2.75) is 19.8 Å². The number of nitrogens with zero attached hydrogens (tertiary/aromatic N) is 6. The monoisotopic (exact) mass is 769 g/mol. The van der Waals surface area contributed by atoms with Crippen LogP contribution in [0, 0.1) is 0 Å². The number of ether oxygens (including phenoxy) is 2. The molecule has 2 aromatic carbocycles. The molecule has 0 aromatic heterocycles. The molecule has 0 aliphatic rings. The molecule has 18 heteroatoms. The van der Waals surface area contributed by atoms with Crippen molar-refractivity contribution in [3.63, 3.8) is 0 Å². The van der Waals surface area contributed by atoms with Gasteiger partial charge in [-0.15, -0.1) is 10.2 Å². The fraction of sp³-hybridized carbons (Fsp3) is 0.514. The van der Waals surface area contributed by atoms with Gasteiger partial charge >= 0.3 is 0 Å². The minimum Gasteiger partial charge on any atom is -0.388 e. The number of likely N-dealkylation sites (N-methyl/N-ethyl adjacent to an activating group) is 1. The molecule has 2 aromatic rings. The highest BCUT2D eigenvalue weighted by Crippen LogP contribution is 2.07. The summed E-state index contributed by atoms with van der Waals surface area (Å²) in [7, 11) is 3.72. The molecule has 0 spiro atoms. The van der Waals surface area contributed by atoms with Crippen molar-refractivity contribution in [1.82, 2.24) is 25.9 Å². The van der Waals surface area contributed by atoms with E-state index in [-0.39, 0.29) is 5.91 Å². The second kappa shape index (κ2) is 31.5. The summed E-state index contributed by atoms with van der Waals surface area (Å²) < 4.78 is 11.0. The standard InChI is InChI=1S/C26H50N10O3.C11H14N4O/c1-30-26(34-33-22-29)24-5-3-23(4-6-24)21-25(37)32-11-13-35(2)12-9-31-10-14-36(15-19-38-17-7-27)16-20-39-18-8-28;1-8(12)14-15-11(13)10-4-2-9(3-5-10)6-7-16/h3-6,22,31H,7-21,27-28H2,1-2H3,(H2,29,33)(H,30,34)(H,32,37);2-5,7H,6H2,1H3,(H2,12,14)(H2,13,15). The van der Waals surface area contributed by atoms with Gasteiger partial charge in [0.05, 0.1) is 32.8 Å². The van der Waals surface area contributed by atoms with Crippen LogP contribution in [0.5, 0.6) is 0 Å². The Bertz CT molecular complexity index is 1420. The summed E-state index contributed by atoms with van der Waals surface area (Å²) in [6.45, 7) is 11.8. The zero-order chi connectivity index (χ0) is 40.5. The molecule has 306 valence electrons. The van der Waals surface area contributed by atoms with Crippen LogP contribution in [0.1, 0.15) is 29.2 Å². The minimum absolute atomic E-state index is 0.00418. The number of hydrogen-bond donors (Lipinski definition) is 8. The number of rotatable bonds is 27. The first-order valence-electron chi connectivity index (χ1n) is 18.3. The Kier molecular flexibility index (Phi) is 27.6. The Hall–Kier alpha value is -4.82. The van der Waals surface area contributed by atoms with Crippen molar-refractivity contribution in [3.8, 4) is 0 Å². The first-order chi connectivity index (χ1) is 26.7. The Balaban J connectivity index is 0.000000783. The SMILES string of the molecule is C/C(N)=N/N=C(\N)c1ccc(CC=O)cc1.CN=C(N/N=C\N)c1ccc(CC(=O)NCCN(C)CCNCCN(CCOCCN)CCOCCN)cc1. The second-order valence-corrected chi connectivity index (χ2v) is 12.2. The summed E-state index contributed by atoms with van der Waals surface area (Å²) in [6.07, 6.45) is 2.74. The van der Waals surface area contributed by atoms with Crippen LogP contribution in [-0.2, 0) is 31.9 Å². The Morgan fingerprint density at radius 1 is 0.800 bits per heavy atom. The third-order valence-corrected chi connectivity index (χ3v) is 7.66. The number of nitrogens with one attached hydrogen (secondary N) is 3. The number of aliphatic imine (C=N–C) groups is 1. The van der Waals surface area contributed by atoms with E-state index in [1.165, 1.54) is 6.34 Å². The zero-order valence-corrected chi connectivity index (χ0v) is 32.8. The van der Waals surface area contributed by atoms with E-state index in [0.717, 1.165) is 74.4 Å². The van der Waals surface area contributed by atoms with Crippen molar-refractivity contribution in [3.05, 3.63) is 70.8 Å². The van der Waals surface area contributed by atoms with Gasteiger partial charge < -0.3 is 58.5 Å². The maximum absolute atomic E-state index is 12.4. The lowest BCUT2D eigenvalue weighted by Gasteiger charge is -2.23. The maximum atomic E-state index is 12.4. The first kappa shape index (κ1) is 48.2. The third kappa shape index (κ3) is 24.3. The van der Waals surface area contributed by atoms with E-state index in [9.17, 15) is 9.59 Å². The highest BCUT2D eigenvalue weighted by Gasteiger charge is 2.08. The van der Waals surface area contributed by atoms with Gasteiger partial charge in [0.25, 0.3) is 0 Å². The van der Waals surface area contributed by atoms with Crippen LogP contribution in [0.2, 0.25) is 0 Å². The van der Waals surface area contributed by atoms with Crippen molar-refractivity contribution >= 4 is 36.0 Å². The highest BCUT2D eigenvalue weighted by atomic mass is 16.5. The summed E-state index contributed by atoms with van der Waals surface area (Å²) in [5.74, 6) is 1.24. The predicted molar refractivity (Wildman–Crippen MR) is 222 cm³/mol. The van der Waals surface area contributed by atoms with Crippen molar-refractivity contribution in [2.24, 2.45) is 49.0 Å². The third-order valence-electron chi connectivity index (χ3n) is 7.66. The normalized spacial score (nSPS) is 12.2. The summed E-state index contributed by atoms with van der Waals surface area (Å²) in [6, 6.07) is 14.8. The highest BCUT2D eigenvalue weighted by molar-refractivity contribution is 5.99. The van der Waals surface area contributed by atoms with E-state index in [4.69, 9.17) is 38.1 Å². The molecule has 0 heterocycles. The van der Waals surface area contributed by atoms with Crippen LogP contribution in [-0.4, -0.2) is 152 Å². The molecular formula is C37H64N14O4. The molecule has 13 N–H and O–H groups in total. The number of carbonyl (C=O) groups is 2. The number of amides is 1. The summed E-state index contributed by atoms with van der Waals surface area (Å²) in [4.78, 5) is 31.3. The van der Waals surface area contributed by atoms with E-state index in [2.05, 4.69) is 53.2 Å². The minimum atomic E-state index is -0.00418. The van der Waals surface area contributed by atoms with E-state index in [1.54, 1.807) is 26.1 Å². The van der Waals surface area contributed by atoms with Gasteiger partial charge in [0.1, 0.15) is 24.3 Å². The lowest BCUT2D eigenvalue weighted by atomic mass is 10.1. The lowest BCUT2D eigenvalue weighted by molar-refractivity contribution is -0.120. The molecule has 0 aliphatic carbocycles. The number of hydrazone groups is 1. The average molecular weight is 769 g/mol. The first-order valence-corrected chi connectivity index (χ1v) is 18.3. The van der Waals surface area contributed by atoms with Crippen molar-refractivity contribution < 1.29 is 19.1 Å². The van der Waals surface area contributed by atoms with Crippen LogP contribution in [0.15, 0.2) is 68.8 Å². The number of amidine groups is 3. The molecule has 0 fully saturated rings. The predicted octanol–water partition coefficient (Wildman–Crippen LogP) is -1.59. The molecule has 0 radical (unpaired) electrons. The summed E-state index contributed by atoms with van der Waals surface area (Å²) in [5.41, 5.74) is 33.5. The van der Waals surface area contributed by atoms with Gasteiger partial charge in [0, 0.05) is 90.0 Å². The maximum Gasteiger partial charge on any atom is 0.224 e. The molecule has 0 atom stereocenters. The molecule has 0 aliphatic heterocycles. The number of hydrogen-bond acceptors (Lipinski definition) is 13. The Morgan fingerprint density at radius 3 is 1.95 bits per heavy atom. The molecule has 0 saturated heterocycles. The van der Waals surface area contributed by atoms with Gasteiger partial charge in [-0.2, -0.15) is 5.10 Å². The summed E-state index contributed by atoms with van der Waals surface area (Å²) in [5, 5.41) is 17.7. The van der Waals surface area contributed by atoms with Gasteiger partial charge in [0.15, 0.2) is 5.84 Å². The van der Waals surface area contributed by atoms with Crippen LogP contribution < -0.4 is 44.7 Å². The summed E-state index contributed by atoms with van der Waals surface area (Å²) >= 11 is 0. The fourth-order valence-corrected chi connectivity index (χ4v) is 4.69. The molecule has 18 nitrogen and oxygen atoms in total. The number of nitrogens with two attached hydrogens (primary N) is 5. The van der Waals surface area contributed by atoms with Crippen LogP contribution in [0.25, 0.3) is 0 Å². The number of benzene rings is 2. The van der Waals surface area contributed by atoms with Gasteiger partial charge in [-0.3, -0.25) is 20.1 Å². The Morgan fingerprint density at radius 2 is 1.38 bits per heavy atom. The van der Waals surface area contributed by atoms with Gasteiger partial charge in [0.2, 0.25) is 5.91 Å². The molecule has 1 amide bonds. The zero-order valence-electron chi connectivity index (χ0n) is 32.8. The van der Waals surface area contributed by atoms with Crippen molar-refractivity contribution in [1.29, 1.82) is 0 Å². The van der Waals surface area contributed by atoms with Gasteiger partial charge in [-0.05, 0) is 25.1 Å². The quantitative estimate of drug-likeness (QED) is 0.0168. The fourth-order valence-electron chi connectivity index (χ4n) is 4.69. The molecular weight excluding hydrogens is 705 g/mol. The van der Waals surface area contributed by atoms with E-state index in [1.807, 2.05) is 36.4 Å². The van der Waals surface area contributed by atoms with Gasteiger partial charge in [-0.1, -0.05) is 48.5 Å². The molecule has 55 heavy (non-hydrogen) atoms. The average Bonchev–Trinajstić information content (AvgIpc) is 3.18. The van der Waals surface area contributed by atoms with E-state index < -0.39 is 0 Å². The van der Waals surface area contributed by atoms with Gasteiger partial charge in [-0.25, -0.2) is 0 Å². The topological polar surface area (TPSA) is 275 Å². The van der Waals surface area contributed by atoms with E-state index >= 15 is 0 Å². The molecule has 0 bridgehead atoms. The molecule has 0 unspecified atom stereocenters. The lowest BCUT2D eigenvalue weighted by Crippen LogP contribution is -2.40. The van der Waals surface area contributed by atoms with Crippen LogP contribution >= 0.6 is 0 Å². The largest absolute Gasteiger partial charge is 0.388 e. The Labute approximate surface area is 326 Å². The van der Waals surface area contributed by atoms with Crippen molar-refractivity contribution in [2.75, 3.05) is 106 Å².